The van der Waals surface area contributed by atoms with E-state index in [9.17, 15) is 9.59 Å². The second kappa shape index (κ2) is 8.73. The zero-order valence-electron chi connectivity index (χ0n) is 14.1. The van der Waals surface area contributed by atoms with Gasteiger partial charge in [-0.1, -0.05) is 60.5 Å². The third-order valence-electron chi connectivity index (χ3n) is 4.14. The molecule has 3 N–H and O–H groups in total. The maximum absolute atomic E-state index is 11.9. The third kappa shape index (κ3) is 4.36. The summed E-state index contributed by atoms with van der Waals surface area (Å²) in [6.07, 6.45) is -0.467. The highest BCUT2D eigenvalue weighted by Crippen LogP contribution is 2.44. The van der Waals surface area contributed by atoms with E-state index >= 15 is 0 Å². The van der Waals surface area contributed by atoms with Gasteiger partial charge in [-0.15, -0.1) is 0 Å². The molecule has 136 valence electrons. The number of carbonyl (C=O) groups excluding carboxylic acids is 1. The zero-order valence-corrected chi connectivity index (χ0v) is 14.9. The van der Waals surface area contributed by atoms with Gasteiger partial charge in [-0.3, -0.25) is 9.52 Å². The van der Waals surface area contributed by atoms with Crippen molar-refractivity contribution in [2.75, 3.05) is 25.4 Å². The van der Waals surface area contributed by atoms with Crippen molar-refractivity contribution in [1.82, 2.24) is 10.0 Å². The number of fused-ring (bicyclic) bond motifs is 3. The molecule has 0 bridgehead atoms. The number of rotatable bonds is 8. The molecule has 6 nitrogen and oxygen atoms in total. The van der Waals surface area contributed by atoms with Crippen LogP contribution < -0.4 is 10.0 Å². The molecule has 7 heteroatoms. The summed E-state index contributed by atoms with van der Waals surface area (Å²) in [6.45, 7) is 0.563. The van der Waals surface area contributed by atoms with Gasteiger partial charge >= 0.3 is 12.1 Å². The van der Waals surface area contributed by atoms with Crippen molar-refractivity contribution in [2.24, 2.45) is 0 Å². The van der Waals surface area contributed by atoms with Crippen LogP contribution in [0, 0.1) is 0 Å². The Balaban J connectivity index is 1.49. The molecule has 2 aromatic rings. The zero-order chi connectivity index (χ0) is 18.4. The molecule has 0 saturated heterocycles. The van der Waals surface area contributed by atoms with Gasteiger partial charge < -0.3 is 15.2 Å². The highest BCUT2D eigenvalue weighted by Gasteiger charge is 2.28. The Hall–Kier alpha value is -2.51. The van der Waals surface area contributed by atoms with Crippen LogP contribution in [0.4, 0.5) is 4.79 Å². The maximum Gasteiger partial charge on any atom is 0.407 e. The van der Waals surface area contributed by atoms with E-state index in [-0.39, 0.29) is 19.1 Å². The fourth-order valence-corrected chi connectivity index (χ4v) is 3.61. The minimum atomic E-state index is -0.915. The monoisotopic (exact) mass is 372 g/mol. The molecule has 3 rings (SSSR count). The molecular formula is C19H20N2O4S. The minimum Gasteiger partial charge on any atom is -0.480 e. The fraction of sp³-hybridized carbons (Fsp3) is 0.263. The van der Waals surface area contributed by atoms with Crippen molar-refractivity contribution < 1.29 is 19.4 Å². The molecule has 0 heterocycles. The van der Waals surface area contributed by atoms with Gasteiger partial charge in [0.1, 0.15) is 13.2 Å². The number of alkyl carbamates (subject to hydrolysis) is 1. The van der Waals surface area contributed by atoms with E-state index in [0.29, 0.717) is 12.3 Å². The van der Waals surface area contributed by atoms with Crippen LogP contribution in [0.15, 0.2) is 48.5 Å². The van der Waals surface area contributed by atoms with E-state index in [1.807, 2.05) is 24.3 Å². The summed E-state index contributed by atoms with van der Waals surface area (Å²) < 4.78 is 8.09. The number of carboxylic acids is 1. The number of amides is 1. The van der Waals surface area contributed by atoms with Crippen molar-refractivity contribution in [3.63, 3.8) is 0 Å². The van der Waals surface area contributed by atoms with E-state index in [4.69, 9.17) is 9.84 Å². The molecule has 0 radical (unpaired) electrons. The number of hydrogen-bond acceptors (Lipinski definition) is 5. The normalized spacial score (nSPS) is 12.3. The Labute approximate surface area is 156 Å². The lowest BCUT2D eigenvalue weighted by Crippen LogP contribution is -2.29. The molecule has 1 amide bonds. The molecule has 0 aliphatic heterocycles. The van der Waals surface area contributed by atoms with Crippen molar-refractivity contribution in [3.05, 3.63) is 59.7 Å². The quantitative estimate of drug-likeness (QED) is 0.488. The van der Waals surface area contributed by atoms with Crippen LogP contribution >= 0.6 is 11.9 Å². The summed E-state index contributed by atoms with van der Waals surface area (Å²) in [4.78, 5) is 22.3. The standard InChI is InChI=1S/C19H20N2O4S/c22-18(23)11-21-26-10-9-20-19(24)25-12-17-15-7-3-1-5-13(15)14-6-2-4-8-16(14)17/h1-8,17,21H,9-12H2,(H,20,24)(H,22,23). The molecule has 26 heavy (non-hydrogen) atoms. The predicted octanol–water partition coefficient (Wildman–Crippen LogP) is 2.85. The lowest BCUT2D eigenvalue weighted by atomic mass is 9.98. The van der Waals surface area contributed by atoms with Gasteiger partial charge in [-0.25, -0.2) is 4.79 Å². The molecule has 0 fully saturated rings. The average Bonchev–Trinajstić information content (AvgIpc) is 2.96. The summed E-state index contributed by atoms with van der Waals surface area (Å²) in [5.74, 6) is -0.320. The molecular weight excluding hydrogens is 352 g/mol. The lowest BCUT2D eigenvalue weighted by Gasteiger charge is -2.14. The highest BCUT2D eigenvalue weighted by atomic mass is 32.2. The number of carboxylic acid groups (broad SMARTS) is 1. The van der Waals surface area contributed by atoms with Gasteiger partial charge in [0.2, 0.25) is 0 Å². The molecule has 2 aromatic carbocycles. The molecule has 0 saturated carbocycles. The van der Waals surface area contributed by atoms with E-state index < -0.39 is 12.1 Å². The first-order valence-electron chi connectivity index (χ1n) is 8.32. The Morgan fingerprint density at radius 3 is 2.27 bits per heavy atom. The molecule has 1 aliphatic carbocycles. The highest BCUT2D eigenvalue weighted by molar-refractivity contribution is 7.97. The minimum absolute atomic E-state index is 0.0414. The van der Waals surface area contributed by atoms with Gasteiger partial charge in [0.05, 0.1) is 0 Å². The fourth-order valence-electron chi connectivity index (χ4n) is 3.04. The molecule has 0 atom stereocenters. The SMILES string of the molecule is O=C(O)CNSCCNC(=O)OCC1c2ccccc2-c2ccccc21. The number of carbonyl (C=O) groups is 2. The molecule has 1 aliphatic rings. The Bertz CT molecular complexity index is 751. The van der Waals surface area contributed by atoms with Gasteiger partial charge in [-0.2, -0.15) is 0 Å². The van der Waals surface area contributed by atoms with E-state index in [1.165, 1.54) is 34.2 Å². The number of benzene rings is 2. The smallest absolute Gasteiger partial charge is 0.407 e. The maximum atomic E-state index is 11.9. The third-order valence-corrected chi connectivity index (χ3v) is 4.90. The molecule has 0 aromatic heterocycles. The lowest BCUT2D eigenvalue weighted by molar-refractivity contribution is -0.135. The second-order valence-corrected chi connectivity index (χ2v) is 6.80. The van der Waals surface area contributed by atoms with Crippen LogP contribution in [0.25, 0.3) is 11.1 Å². The Morgan fingerprint density at radius 1 is 1.04 bits per heavy atom. The van der Waals surface area contributed by atoms with Crippen molar-refractivity contribution >= 4 is 24.0 Å². The summed E-state index contributed by atoms with van der Waals surface area (Å²) in [6, 6.07) is 16.4. The van der Waals surface area contributed by atoms with E-state index in [0.717, 1.165) is 0 Å². The summed E-state index contributed by atoms with van der Waals surface area (Å²) in [5, 5.41) is 11.2. The van der Waals surface area contributed by atoms with Crippen LogP contribution in [0.1, 0.15) is 17.0 Å². The van der Waals surface area contributed by atoms with Gasteiger partial charge in [0.25, 0.3) is 0 Å². The summed E-state index contributed by atoms with van der Waals surface area (Å²) in [7, 11) is 0. The first-order valence-corrected chi connectivity index (χ1v) is 9.30. The van der Waals surface area contributed by atoms with E-state index in [2.05, 4.69) is 34.3 Å². The predicted molar refractivity (Wildman–Crippen MR) is 101 cm³/mol. The van der Waals surface area contributed by atoms with Crippen LogP contribution in [0.2, 0.25) is 0 Å². The topological polar surface area (TPSA) is 87.7 Å². The second-order valence-electron chi connectivity index (χ2n) is 5.82. The van der Waals surface area contributed by atoms with Crippen LogP contribution in [0.3, 0.4) is 0 Å². The van der Waals surface area contributed by atoms with Gasteiger partial charge in [0.15, 0.2) is 0 Å². The number of aliphatic carboxylic acids is 1. The van der Waals surface area contributed by atoms with Gasteiger partial charge in [0, 0.05) is 18.2 Å². The van der Waals surface area contributed by atoms with Crippen molar-refractivity contribution in [2.45, 2.75) is 5.92 Å². The molecule has 0 unspecified atom stereocenters. The summed E-state index contributed by atoms with van der Waals surface area (Å²) >= 11 is 1.25. The van der Waals surface area contributed by atoms with Crippen LogP contribution in [-0.2, 0) is 9.53 Å². The molecule has 0 spiro atoms. The van der Waals surface area contributed by atoms with E-state index in [1.54, 1.807) is 0 Å². The van der Waals surface area contributed by atoms with Crippen molar-refractivity contribution in [3.8, 4) is 11.1 Å². The van der Waals surface area contributed by atoms with Crippen LogP contribution in [-0.4, -0.2) is 42.6 Å². The first kappa shape index (κ1) is 18.3. The van der Waals surface area contributed by atoms with Gasteiger partial charge in [-0.05, 0) is 22.3 Å². The van der Waals surface area contributed by atoms with Crippen molar-refractivity contribution in [1.29, 1.82) is 0 Å². The number of hydrogen-bond donors (Lipinski definition) is 3. The number of ether oxygens (including phenoxy) is 1. The Kier molecular flexibility index (Phi) is 6.14. The van der Waals surface area contributed by atoms with Crippen LogP contribution in [0.5, 0.6) is 0 Å². The largest absolute Gasteiger partial charge is 0.480 e. The Morgan fingerprint density at radius 2 is 1.65 bits per heavy atom. The number of nitrogens with one attached hydrogen (secondary N) is 2. The summed E-state index contributed by atoms with van der Waals surface area (Å²) in [5.41, 5.74) is 4.74. The first-order chi connectivity index (χ1) is 12.7. The average molecular weight is 372 g/mol.